The van der Waals surface area contributed by atoms with Crippen molar-refractivity contribution in [3.63, 3.8) is 0 Å². The number of hydrogen-bond donors (Lipinski definition) is 0. The molecule has 0 bridgehead atoms. The maximum Gasteiger partial charge on any atom is 0.165 e. The van der Waals surface area contributed by atoms with Crippen LogP contribution in [0.4, 0.5) is 0 Å². The van der Waals surface area contributed by atoms with Gasteiger partial charge in [-0.05, 0) is 18.2 Å². The maximum absolute atomic E-state index is 12.3. The summed E-state index contributed by atoms with van der Waals surface area (Å²) in [5, 5.41) is 0.503. The van der Waals surface area contributed by atoms with Crippen molar-refractivity contribution < 1.29 is 4.79 Å². The van der Waals surface area contributed by atoms with Crippen molar-refractivity contribution >= 4 is 33.3 Å². The minimum atomic E-state index is 0.0846. The van der Waals surface area contributed by atoms with Gasteiger partial charge in [-0.3, -0.25) is 9.69 Å². The van der Waals surface area contributed by atoms with Gasteiger partial charge in [0.1, 0.15) is 5.82 Å². The van der Waals surface area contributed by atoms with E-state index in [4.69, 9.17) is 11.6 Å². The average Bonchev–Trinajstić information content (AvgIpc) is 2.92. The van der Waals surface area contributed by atoms with E-state index in [0.29, 0.717) is 17.0 Å². The van der Waals surface area contributed by atoms with E-state index >= 15 is 0 Å². The van der Waals surface area contributed by atoms with Crippen LogP contribution >= 0.6 is 27.5 Å². The fraction of sp³-hybridized carbons (Fsp3) is 0.333. The zero-order valence-corrected chi connectivity index (χ0v) is 13.8. The van der Waals surface area contributed by atoms with E-state index in [-0.39, 0.29) is 5.78 Å². The van der Waals surface area contributed by atoms with Gasteiger partial charge in [0.05, 0.1) is 11.6 Å². The fourth-order valence-corrected chi connectivity index (χ4v) is 3.30. The van der Waals surface area contributed by atoms with Crippen LogP contribution < -0.4 is 0 Å². The molecule has 2 heterocycles. The highest BCUT2D eigenvalue weighted by molar-refractivity contribution is 9.10. The number of hydrogen-bond acceptors (Lipinski definition) is 3. The van der Waals surface area contributed by atoms with Gasteiger partial charge in [0.25, 0.3) is 0 Å². The van der Waals surface area contributed by atoms with Crippen LogP contribution in [0.3, 0.4) is 0 Å². The molecule has 0 spiro atoms. The first-order valence-electron chi connectivity index (χ1n) is 6.84. The summed E-state index contributed by atoms with van der Waals surface area (Å²) < 4.78 is 3.04. The third-order valence-electron chi connectivity index (χ3n) is 3.71. The van der Waals surface area contributed by atoms with Gasteiger partial charge in [-0.2, -0.15) is 0 Å². The Morgan fingerprint density at radius 2 is 2.24 bits per heavy atom. The number of benzene rings is 1. The Morgan fingerprint density at radius 1 is 1.38 bits per heavy atom. The van der Waals surface area contributed by atoms with Crippen molar-refractivity contribution in [2.24, 2.45) is 0 Å². The van der Waals surface area contributed by atoms with Crippen molar-refractivity contribution in [1.82, 2.24) is 14.5 Å². The van der Waals surface area contributed by atoms with Gasteiger partial charge >= 0.3 is 0 Å². The molecule has 0 amide bonds. The first kappa shape index (κ1) is 14.8. The summed E-state index contributed by atoms with van der Waals surface area (Å²) in [6, 6.07) is 5.38. The quantitative estimate of drug-likeness (QED) is 0.777. The number of fused-ring (bicyclic) bond motifs is 1. The normalized spacial score (nSPS) is 15.0. The van der Waals surface area contributed by atoms with Crippen LogP contribution in [0.15, 0.2) is 35.1 Å². The van der Waals surface area contributed by atoms with E-state index in [2.05, 4.69) is 30.4 Å². The summed E-state index contributed by atoms with van der Waals surface area (Å²) >= 11 is 9.47. The smallest absolute Gasteiger partial charge is 0.165 e. The number of ketones is 1. The van der Waals surface area contributed by atoms with Gasteiger partial charge in [-0.1, -0.05) is 27.5 Å². The minimum Gasteiger partial charge on any atom is -0.333 e. The van der Waals surface area contributed by atoms with Crippen molar-refractivity contribution in [3.05, 3.63) is 51.5 Å². The van der Waals surface area contributed by atoms with Crippen molar-refractivity contribution in [2.45, 2.75) is 19.5 Å². The third kappa shape index (κ3) is 3.36. The molecule has 0 fully saturated rings. The number of rotatable bonds is 4. The largest absolute Gasteiger partial charge is 0.333 e. The predicted octanol–water partition coefficient (Wildman–Crippen LogP) is 3.39. The number of Topliss-reactive ketones (excluding diaryl/α,β-unsaturated/α-hetero) is 1. The summed E-state index contributed by atoms with van der Waals surface area (Å²) in [5.41, 5.74) is 0.596. The molecule has 0 unspecified atom stereocenters. The molecule has 0 atom stereocenters. The summed E-state index contributed by atoms with van der Waals surface area (Å²) in [5.74, 6) is 1.15. The van der Waals surface area contributed by atoms with E-state index < -0.39 is 0 Å². The molecule has 0 N–H and O–H groups in total. The van der Waals surface area contributed by atoms with Gasteiger partial charge < -0.3 is 4.57 Å². The molecule has 0 saturated carbocycles. The second-order valence-electron chi connectivity index (χ2n) is 5.11. The maximum atomic E-state index is 12.3. The lowest BCUT2D eigenvalue weighted by Gasteiger charge is -2.27. The number of imidazole rings is 1. The van der Waals surface area contributed by atoms with Crippen molar-refractivity contribution in [1.29, 1.82) is 0 Å². The number of carbonyl (C=O) groups is 1. The first-order valence-corrected chi connectivity index (χ1v) is 8.01. The van der Waals surface area contributed by atoms with Crippen molar-refractivity contribution in [3.8, 4) is 0 Å². The van der Waals surface area contributed by atoms with Crippen LogP contribution in [0.1, 0.15) is 22.6 Å². The molecule has 1 aliphatic rings. The average molecular weight is 369 g/mol. The third-order valence-corrected chi connectivity index (χ3v) is 4.52. The summed E-state index contributed by atoms with van der Waals surface area (Å²) in [7, 11) is 0. The molecule has 3 rings (SSSR count). The molecule has 2 aromatic rings. The first-order chi connectivity index (χ1) is 10.1. The number of aromatic nitrogens is 2. The lowest BCUT2D eigenvalue weighted by molar-refractivity contribution is 0.0955. The van der Waals surface area contributed by atoms with Gasteiger partial charge in [0.15, 0.2) is 5.78 Å². The number of nitrogens with zero attached hydrogens (tertiary/aromatic N) is 3. The molecule has 6 heteroatoms. The summed E-state index contributed by atoms with van der Waals surface area (Å²) in [6.45, 7) is 3.42. The van der Waals surface area contributed by atoms with E-state index in [0.717, 1.165) is 36.5 Å². The zero-order valence-electron chi connectivity index (χ0n) is 11.4. The minimum absolute atomic E-state index is 0.0846. The van der Waals surface area contributed by atoms with Crippen molar-refractivity contribution in [2.75, 3.05) is 13.1 Å². The van der Waals surface area contributed by atoms with Crippen LogP contribution in [0, 0.1) is 0 Å². The lowest BCUT2D eigenvalue weighted by atomic mass is 10.1. The molecular formula is C15H15BrClN3O. The monoisotopic (exact) mass is 367 g/mol. The molecule has 0 saturated heterocycles. The SMILES string of the molecule is O=C(CCN1CCn2ccnc2C1)c1ccc(Br)cc1Cl. The molecule has 0 aliphatic carbocycles. The van der Waals surface area contributed by atoms with Crippen LogP contribution in [-0.4, -0.2) is 33.3 Å². The number of halogens is 2. The molecule has 110 valence electrons. The van der Waals surface area contributed by atoms with Crippen LogP contribution in [-0.2, 0) is 13.1 Å². The Kier molecular flexibility index (Phi) is 4.42. The van der Waals surface area contributed by atoms with Gasteiger partial charge in [0, 0.05) is 48.5 Å². The van der Waals surface area contributed by atoms with Gasteiger partial charge in [0.2, 0.25) is 0 Å². The van der Waals surface area contributed by atoms with Gasteiger partial charge in [-0.25, -0.2) is 4.98 Å². The fourth-order valence-electron chi connectivity index (χ4n) is 2.52. The Labute approximate surface area is 136 Å². The Bertz CT molecular complexity index is 671. The predicted molar refractivity (Wildman–Crippen MR) is 85.6 cm³/mol. The molecule has 1 aliphatic heterocycles. The molecule has 4 nitrogen and oxygen atoms in total. The van der Waals surface area contributed by atoms with E-state index in [9.17, 15) is 4.79 Å². The van der Waals surface area contributed by atoms with Gasteiger partial charge in [-0.15, -0.1) is 0 Å². The van der Waals surface area contributed by atoms with E-state index in [1.807, 2.05) is 18.5 Å². The van der Waals surface area contributed by atoms with E-state index in [1.54, 1.807) is 12.1 Å². The highest BCUT2D eigenvalue weighted by atomic mass is 79.9. The topological polar surface area (TPSA) is 38.1 Å². The van der Waals surface area contributed by atoms with E-state index in [1.165, 1.54) is 0 Å². The van der Waals surface area contributed by atoms with Crippen LogP contribution in [0.2, 0.25) is 5.02 Å². The Balaban J connectivity index is 1.59. The second kappa shape index (κ2) is 6.30. The molecule has 1 aromatic carbocycles. The molecule has 1 aromatic heterocycles. The summed E-state index contributed by atoms with van der Waals surface area (Å²) in [6.07, 6.45) is 4.30. The molecule has 0 radical (unpaired) electrons. The molecular weight excluding hydrogens is 354 g/mol. The highest BCUT2D eigenvalue weighted by Gasteiger charge is 2.18. The molecule has 21 heavy (non-hydrogen) atoms. The standard InChI is InChI=1S/C15H15BrClN3O/c16-11-1-2-12(13(17)9-11)14(21)3-5-19-7-8-20-6-4-18-15(20)10-19/h1-2,4,6,9H,3,5,7-8,10H2. The zero-order chi connectivity index (χ0) is 14.8. The Morgan fingerprint density at radius 3 is 3.05 bits per heavy atom. The second-order valence-corrected chi connectivity index (χ2v) is 6.43. The van der Waals surface area contributed by atoms with Crippen LogP contribution in [0.5, 0.6) is 0 Å². The lowest BCUT2D eigenvalue weighted by Crippen LogP contribution is -2.35. The van der Waals surface area contributed by atoms with Crippen LogP contribution in [0.25, 0.3) is 0 Å². The Hall–Kier alpha value is -1.17. The number of carbonyl (C=O) groups excluding carboxylic acids is 1. The highest BCUT2D eigenvalue weighted by Crippen LogP contribution is 2.22. The summed E-state index contributed by atoms with van der Waals surface area (Å²) in [4.78, 5) is 18.9.